The highest BCUT2D eigenvalue weighted by Crippen LogP contribution is 2.06. The van der Waals surface area contributed by atoms with Crippen molar-refractivity contribution in [1.29, 1.82) is 0 Å². The Hall–Kier alpha value is -4.74. The summed E-state index contributed by atoms with van der Waals surface area (Å²) in [4.78, 5) is 71.6. The van der Waals surface area contributed by atoms with Crippen molar-refractivity contribution in [1.82, 2.24) is 21.3 Å². The summed E-state index contributed by atoms with van der Waals surface area (Å²) in [5.74, 6) is -3.97. The molecule has 2 aromatic rings. The molecule has 0 saturated heterocycles. The Balaban J connectivity index is 1.78. The van der Waals surface area contributed by atoms with Crippen LogP contribution in [0.15, 0.2) is 60.7 Å². The largest absolute Gasteiger partial charge is 0.481 e. The molecule has 232 valence electrons. The van der Waals surface area contributed by atoms with Crippen LogP contribution in [-0.4, -0.2) is 71.0 Å². The second kappa shape index (κ2) is 19.4. The molecule has 12 nitrogen and oxygen atoms in total. The number of amides is 4. The number of carboxylic acid groups (broad SMARTS) is 2. The van der Waals surface area contributed by atoms with Crippen molar-refractivity contribution >= 4 is 35.6 Å². The zero-order valence-electron chi connectivity index (χ0n) is 24.1. The number of carboxylic acids is 2. The molecule has 0 saturated carbocycles. The highest BCUT2D eigenvalue weighted by Gasteiger charge is 2.22. The predicted octanol–water partition coefficient (Wildman–Crippen LogP) is 1.57. The van der Waals surface area contributed by atoms with Gasteiger partial charge in [-0.3, -0.25) is 28.8 Å². The number of rotatable bonds is 20. The molecule has 0 radical (unpaired) electrons. The molecule has 0 fully saturated rings. The summed E-state index contributed by atoms with van der Waals surface area (Å²) in [6.07, 6.45) is 1.33. The number of hydrogen-bond acceptors (Lipinski definition) is 6. The summed E-state index contributed by atoms with van der Waals surface area (Å²) in [5.41, 5.74) is 1.70. The van der Waals surface area contributed by atoms with E-state index in [1.54, 1.807) is 0 Å². The fourth-order valence-electron chi connectivity index (χ4n) is 4.19. The number of hydrogen-bond donors (Lipinski definition) is 6. The quantitative estimate of drug-likeness (QED) is 0.124. The van der Waals surface area contributed by atoms with E-state index in [0.717, 1.165) is 11.1 Å². The number of nitrogens with one attached hydrogen (secondary N) is 4. The average molecular weight is 597 g/mol. The third-order valence-electron chi connectivity index (χ3n) is 6.45. The second-order valence-electron chi connectivity index (χ2n) is 10.0. The summed E-state index contributed by atoms with van der Waals surface area (Å²) in [5, 5.41) is 28.5. The molecule has 12 heteroatoms. The lowest BCUT2D eigenvalue weighted by Gasteiger charge is -2.19. The van der Waals surface area contributed by atoms with Gasteiger partial charge in [0.2, 0.25) is 23.6 Å². The van der Waals surface area contributed by atoms with E-state index in [4.69, 9.17) is 10.2 Å². The van der Waals surface area contributed by atoms with E-state index < -0.39 is 35.8 Å². The van der Waals surface area contributed by atoms with Gasteiger partial charge in [-0.25, -0.2) is 0 Å². The van der Waals surface area contributed by atoms with Gasteiger partial charge in [-0.2, -0.15) is 0 Å². The van der Waals surface area contributed by atoms with Crippen molar-refractivity contribution in [3.63, 3.8) is 0 Å². The summed E-state index contributed by atoms with van der Waals surface area (Å²) in [6, 6.07) is 16.6. The number of benzene rings is 2. The van der Waals surface area contributed by atoms with Crippen molar-refractivity contribution in [2.75, 3.05) is 13.1 Å². The smallest absolute Gasteiger partial charge is 0.303 e. The van der Waals surface area contributed by atoms with E-state index in [1.165, 1.54) is 0 Å². The Morgan fingerprint density at radius 2 is 0.907 bits per heavy atom. The zero-order chi connectivity index (χ0) is 31.5. The van der Waals surface area contributed by atoms with E-state index >= 15 is 0 Å². The molecule has 0 aliphatic heterocycles. The van der Waals surface area contributed by atoms with Gasteiger partial charge < -0.3 is 31.5 Å². The van der Waals surface area contributed by atoms with Crippen LogP contribution in [0.5, 0.6) is 0 Å². The predicted molar refractivity (Wildman–Crippen MR) is 158 cm³/mol. The van der Waals surface area contributed by atoms with E-state index in [-0.39, 0.29) is 50.3 Å². The van der Waals surface area contributed by atoms with Crippen LogP contribution in [0.3, 0.4) is 0 Å². The van der Waals surface area contributed by atoms with E-state index in [9.17, 15) is 28.8 Å². The summed E-state index contributed by atoms with van der Waals surface area (Å²) in [7, 11) is 0. The lowest BCUT2D eigenvalue weighted by Crippen LogP contribution is -2.48. The number of unbranched alkanes of at least 4 members (excludes halogenated alkanes) is 2. The molecule has 4 amide bonds. The normalized spacial score (nSPS) is 11.9. The summed E-state index contributed by atoms with van der Waals surface area (Å²) < 4.78 is 0. The van der Waals surface area contributed by atoms with Gasteiger partial charge in [0, 0.05) is 38.8 Å². The minimum Gasteiger partial charge on any atom is -0.481 e. The Morgan fingerprint density at radius 3 is 1.26 bits per heavy atom. The van der Waals surface area contributed by atoms with Crippen molar-refractivity contribution < 1.29 is 39.0 Å². The van der Waals surface area contributed by atoms with Crippen LogP contribution in [0, 0.1) is 0 Å². The molecule has 0 aliphatic rings. The van der Waals surface area contributed by atoms with Gasteiger partial charge >= 0.3 is 11.9 Å². The Kier molecular flexibility index (Phi) is 15.5. The van der Waals surface area contributed by atoms with Crippen LogP contribution in [0.4, 0.5) is 0 Å². The Morgan fingerprint density at radius 1 is 0.535 bits per heavy atom. The highest BCUT2D eigenvalue weighted by molar-refractivity contribution is 5.89. The lowest BCUT2D eigenvalue weighted by atomic mass is 10.0. The zero-order valence-corrected chi connectivity index (χ0v) is 24.1. The summed E-state index contributed by atoms with van der Waals surface area (Å²) in [6.45, 7) is 0.693. The molecule has 0 bridgehead atoms. The molecule has 2 rings (SSSR count). The Bertz CT molecular complexity index is 1110. The molecule has 2 atom stereocenters. The van der Waals surface area contributed by atoms with Gasteiger partial charge in [0.15, 0.2) is 0 Å². The fraction of sp³-hybridized carbons (Fsp3) is 0.419. The van der Waals surface area contributed by atoms with E-state index in [2.05, 4.69) is 21.3 Å². The average Bonchev–Trinajstić information content (AvgIpc) is 2.98. The molecule has 0 spiro atoms. The van der Waals surface area contributed by atoms with Gasteiger partial charge in [-0.05, 0) is 30.4 Å². The first-order chi connectivity index (χ1) is 20.6. The topological polar surface area (TPSA) is 191 Å². The maximum atomic E-state index is 12.8. The van der Waals surface area contributed by atoms with Crippen LogP contribution < -0.4 is 21.3 Å². The minimum absolute atomic E-state index is 0.224. The van der Waals surface area contributed by atoms with Gasteiger partial charge in [0.05, 0.1) is 12.8 Å². The van der Waals surface area contributed by atoms with Crippen LogP contribution in [0.25, 0.3) is 0 Å². The van der Waals surface area contributed by atoms with Gasteiger partial charge in [-0.1, -0.05) is 60.7 Å². The summed E-state index contributed by atoms with van der Waals surface area (Å²) >= 11 is 0. The first-order valence-corrected chi connectivity index (χ1v) is 14.3. The number of carbonyl (C=O) groups is 6. The molecular formula is C31H40N4O8. The first kappa shape index (κ1) is 34.5. The molecule has 0 aliphatic carbocycles. The maximum Gasteiger partial charge on any atom is 0.303 e. The SMILES string of the molecule is O=C(O)CCC(=O)N[C@@H](Cc1ccccc1)C(=O)NCCCCCNC(=O)[C@H](Cc1ccccc1)NC(=O)CCC(=O)O. The number of carbonyl (C=O) groups excluding carboxylic acids is 4. The van der Waals surface area contributed by atoms with Crippen LogP contribution >= 0.6 is 0 Å². The van der Waals surface area contributed by atoms with Crippen molar-refractivity contribution in [2.24, 2.45) is 0 Å². The molecule has 0 heterocycles. The number of aliphatic carboxylic acids is 2. The first-order valence-electron chi connectivity index (χ1n) is 14.3. The third kappa shape index (κ3) is 15.2. The molecule has 6 N–H and O–H groups in total. The Labute approximate surface area is 250 Å². The fourth-order valence-corrected chi connectivity index (χ4v) is 4.19. The van der Waals surface area contributed by atoms with Crippen molar-refractivity contribution in [3.8, 4) is 0 Å². The van der Waals surface area contributed by atoms with E-state index in [1.807, 2.05) is 60.7 Å². The monoisotopic (exact) mass is 596 g/mol. The van der Waals surface area contributed by atoms with Gasteiger partial charge in [0.1, 0.15) is 12.1 Å². The molecular weight excluding hydrogens is 556 g/mol. The molecule has 0 aromatic heterocycles. The molecule has 0 unspecified atom stereocenters. The lowest BCUT2D eigenvalue weighted by molar-refractivity contribution is -0.139. The second-order valence-corrected chi connectivity index (χ2v) is 10.0. The minimum atomic E-state index is -1.09. The van der Waals surface area contributed by atoms with Gasteiger partial charge in [-0.15, -0.1) is 0 Å². The van der Waals surface area contributed by atoms with E-state index in [0.29, 0.717) is 32.4 Å². The van der Waals surface area contributed by atoms with Crippen LogP contribution in [0.2, 0.25) is 0 Å². The van der Waals surface area contributed by atoms with Crippen molar-refractivity contribution in [2.45, 2.75) is 69.9 Å². The van der Waals surface area contributed by atoms with Crippen LogP contribution in [-0.2, 0) is 41.6 Å². The van der Waals surface area contributed by atoms with Crippen molar-refractivity contribution in [3.05, 3.63) is 71.8 Å². The standard InChI is InChI=1S/C31H40N4O8/c36-26(14-16-28(38)39)34-24(20-22-10-4-1-5-11-22)30(42)32-18-8-3-9-19-33-31(43)25(21-23-12-6-2-7-13-23)35-27(37)15-17-29(40)41/h1-2,4-7,10-13,24-25H,3,8-9,14-21H2,(H,32,42)(H,33,43)(H,34,36)(H,35,37)(H,38,39)(H,40,41)/t24-,25-/m0/s1. The highest BCUT2D eigenvalue weighted by atomic mass is 16.4. The van der Waals surface area contributed by atoms with Crippen LogP contribution in [0.1, 0.15) is 56.1 Å². The maximum absolute atomic E-state index is 12.8. The molecule has 43 heavy (non-hydrogen) atoms. The third-order valence-corrected chi connectivity index (χ3v) is 6.45. The molecule has 2 aromatic carbocycles. The van der Waals surface area contributed by atoms with Gasteiger partial charge in [0.25, 0.3) is 0 Å².